The Bertz CT molecular complexity index is 366. The topological polar surface area (TPSA) is 60.9 Å². The molecule has 106 valence electrons. The molecule has 2 rings (SSSR count). The van der Waals surface area contributed by atoms with Gasteiger partial charge in [0.25, 0.3) is 0 Å². The van der Waals surface area contributed by atoms with Crippen LogP contribution in [-0.2, 0) is 4.79 Å². The third-order valence-electron chi connectivity index (χ3n) is 3.84. The highest BCUT2D eigenvalue weighted by molar-refractivity contribution is 5.77. The van der Waals surface area contributed by atoms with Crippen LogP contribution in [-0.4, -0.2) is 52.1 Å². The summed E-state index contributed by atoms with van der Waals surface area (Å²) in [6.45, 7) is 4.93. The van der Waals surface area contributed by atoms with Gasteiger partial charge in [0.15, 0.2) is 0 Å². The second-order valence-electron chi connectivity index (χ2n) is 5.40. The minimum atomic E-state index is -0.827. The number of aliphatic carboxylic acids is 1. The van der Waals surface area contributed by atoms with Crippen LogP contribution in [0.5, 0.6) is 0 Å². The van der Waals surface area contributed by atoms with Gasteiger partial charge in [0.05, 0.1) is 6.42 Å². The molecule has 2 amide bonds. The van der Waals surface area contributed by atoms with Gasteiger partial charge in [-0.2, -0.15) is 0 Å². The molecule has 5 nitrogen and oxygen atoms in total. The van der Waals surface area contributed by atoms with Crippen molar-refractivity contribution in [2.75, 3.05) is 13.1 Å². The van der Waals surface area contributed by atoms with E-state index in [2.05, 4.69) is 6.58 Å². The lowest BCUT2D eigenvalue weighted by atomic mass is 10.00. The lowest BCUT2D eigenvalue weighted by molar-refractivity contribution is -0.138. The zero-order valence-electron chi connectivity index (χ0n) is 11.3. The summed E-state index contributed by atoms with van der Waals surface area (Å²) in [7, 11) is 0. The number of nitrogens with zero attached hydrogens (tertiary/aromatic N) is 2. The fourth-order valence-corrected chi connectivity index (χ4v) is 2.74. The van der Waals surface area contributed by atoms with Gasteiger partial charge in [0, 0.05) is 25.2 Å². The number of hydrogen-bond acceptors (Lipinski definition) is 2. The van der Waals surface area contributed by atoms with Crippen molar-refractivity contribution < 1.29 is 14.7 Å². The quantitative estimate of drug-likeness (QED) is 0.775. The molecule has 0 radical (unpaired) electrons. The van der Waals surface area contributed by atoms with E-state index in [4.69, 9.17) is 5.11 Å². The summed E-state index contributed by atoms with van der Waals surface area (Å²) in [5, 5.41) is 8.96. The minimum Gasteiger partial charge on any atom is -0.481 e. The number of carbonyl (C=O) groups is 2. The Morgan fingerprint density at radius 1 is 1.32 bits per heavy atom. The van der Waals surface area contributed by atoms with E-state index < -0.39 is 5.97 Å². The summed E-state index contributed by atoms with van der Waals surface area (Å²) in [6, 6.07) is 0.177. The molecule has 0 spiro atoms. The number of hydrogen-bond donors (Lipinski definition) is 1. The van der Waals surface area contributed by atoms with Crippen LogP contribution in [0.1, 0.15) is 38.5 Å². The molecule has 2 aliphatic rings. The van der Waals surface area contributed by atoms with Gasteiger partial charge in [-0.25, -0.2) is 4.79 Å². The molecule has 5 heteroatoms. The van der Waals surface area contributed by atoms with E-state index in [1.165, 1.54) is 0 Å². The molecule has 19 heavy (non-hydrogen) atoms. The fraction of sp³-hybridized carbons (Fsp3) is 0.714. The van der Waals surface area contributed by atoms with Crippen LogP contribution >= 0.6 is 0 Å². The third-order valence-corrected chi connectivity index (χ3v) is 3.84. The highest BCUT2D eigenvalue weighted by Crippen LogP contribution is 2.30. The molecule has 1 saturated carbocycles. The Hall–Kier alpha value is -1.52. The monoisotopic (exact) mass is 266 g/mol. The van der Waals surface area contributed by atoms with E-state index in [1.54, 1.807) is 11.0 Å². The van der Waals surface area contributed by atoms with Crippen LogP contribution in [0.2, 0.25) is 0 Å². The molecule has 0 aromatic heterocycles. The van der Waals surface area contributed by atoms with E-state index in [9.17, 15) is 9.59 Å². The van der Waals surface area contributed by atoms with Gasteiger partial charge in [-0.05, 0) is 32.1 Å². The Kier molecular flexibility index (Phi) is 4.45. The van der Waals surface area contributed by atoms with Crippen molar-refractivity contribution in [3.05, 3.63) is 12.7 Å². The Morgan fingerprint density at radius 3 is 2.63 bits per heavy atom. The van der Waals surface area contributed by atoms with Gasteiger partial charge < -0.3 is 14.9 Å². The number of piperidine rings is 1. The minimum absolute atomic E-state index is 0.00616. The molecular formula is C14H22N2O3. The summed E-state index contributed by atoms with van der Waals surface area (Å²) in [5.74, 6) is -0.827. The first-order chi connectivity index (χ1) is 9.13. The SMILES string of the molecule is C=CCN(C(=O)N1CCCCC1CC(=O)O)C1CC1. The predicted molar refractivity (Wildman–Crippen MR) is 71.9 cm³/mol. The third kappa shape index (κ3) is 3.49. The van der Waals surface area contributed by atoms with Gasteiger partial charge in [-0.1, -0.05) is 6.08 Å². The van der Waals surface area contributed by atoms with E-state index in [-0.39, 0.29) is 18.5 Å². The lowest BCUT2D eigenvalue weighted by Crippen LogP contribution is -2.51. The molecule has 1 aliphatic carbocycles. The number of urea groups is 1. The van der Waals surface area contributed by atoms with Crippen molar-refractivity contribution in [2.45, 2.75) is 50.6 Å². The van der Waals surface area contributed by atoms with Crippen molar-refractivity contribution in [2.24, 2.45) is 0 Å². The molecule has 1 atom stereocenters. The first-order valence-corrected chi connectivity index (χ1v) is 7.03. The van der Waals surface area contributed by atoms with Crippen LogP contribution < -0.4 is 0 Å². The van der Waals surface area contributed by atoms with Crippen molar-refractivity contribution in [1.82, 2.24) is 9.80 Å². The van der Waals surface area contributed by atoms with Crippen LogP contribution in [0, 0.1) is 0 Å². The smallest absolute Gasteiger partial charge is 0.320 e. The standard InChI is InChI=1S/C14H22N2O3/c1-2-8-15(11-6-7-11)14(19)16-9-4-3-5-12(16)10-13(17)18/h2,11-12H,1,3-10H2,(H,17,18). The molecule has 1 heterocycles. The number of rotatable bonds is 5. The van der Waals surface area contributed by atoms with Crippen molar-refractivity contribution >= 4 is 12.0 Å². The van der Waals surface area contributed by atoms with E-state index >= 15 is 0 Å². The maximum absolute atomic E-state index is 12.6. The second kappa shape index (κ2) is 6.08. The number of carboxylic acid groups (broad SMARTS) is 1. The number of carboxylic acids is 1. The molecule has 2 fully saturated rings. The zero-order valence-corrected chi connectivity index (χ0v) is 11.3. The Morgan fingerprint density at radius 2 is 2.05 bits per heavy atom. The van der Waals surface area contributed by atoms with Crippen molar-refractivity contribution in [1.29, 1.82) is 0 Å². The van der Waals surface area contributed by atoms with E-state index in [0.29, 0.717) is 19.1 Å². The number of carbonyl (C=O) groups excluding carboxylic acids is 1. The second-order valence-corrected chi connectivity index (χ2v) is 5.40. The van der Waals surface area contributed by atoms with Gasteiger partial charge >= 0.3 is 12.0 Å². The molecule has 1 N–H and O–H groups in total. The fourth-order valence-electron chi connectivity index (χ4n) is 2.74. The highest BCUT2D eigenvalue weighted by Gasteiger charge is 2.37. The van der Waals surface area contributed by atoms with Gasteiger partial charge in [-0.3, -0.25) is 4.79 Å². The van der Waals surface area contributed by atoms with Gasteiger partial charge in [0.1, 0.15) is 0 Å². The van der Waals surface area contributed by atoms with Crippen molar-refractivity contribution in [3.63, 3.8) is 0 Å². The van der Waals surface area contributed by atoms with Gasteiger partial charge in [0.2, 0.25) is 0 Å². The molecule has 1 saturated heterocycles. The normalized spacial score (nSPS) is 22.9. The highest BCUT2D eigenvalue weighted by atomic mass is 16.4. The zero-order chi connectivity index (χ0) is 13.8. The van der Waals surface area contributed by atoms with E-state index in [0.717, 1.165) is 32.1 Å². The maximum Gasteiger partial charge on any atom is 0.320 e. The average Bonchev–Trinajstić information content (AvgIpc) is 3.19. The summed E-state index contributed by atoms with van der Waals surface area (Å²) in [6.07, 6.45) is 6.67. The number of amides is 2. The average molecular weight is 266 g/mol. The van der Waals surface area contributed by atoms with Crippen LogP contribution in [0.4, 0.5) is 4.79 Å². The Balaban J connectivity index is 2.04. The first-order valence-electron chi connectivity index (χ1n) is 7.03. The summed E-state index contributed by atoms with van der Waals surface area (Å²) >= 11 is 0. The first kappa shape index (κ1) is 13.9. The molecule has 0 bridgehead atoms. The molecule has 0 aromatic carbocycles. The van der Waals surface area contributed by atoms with Crippen LogP contribution in [0.3, 0.4) is 0 Å². The summed E-state index contributed by atoms with van der Waals surface area (Å²) < 4.78 is 0. The molecule has 1 aliphatic heterocycles. The number of likely N-dealkylation sites (tertiary alicyclic amines) is 1. The van der Waals surface area contributed by atoms with Crippen LogP contribution in [0.25, 0.3) is 0 Å². The maximum atomic E-state index is 12.6. The van der Waals surface area contributed by atoms with Crippen LogP contribution in [0.15, 0.2) is 12.7 Å². The molecule has 1 unspecified atom stereocenters. The predicted octanol–water partition coefficient (Wildman–Crippen LogP) is 2.09. The summed E-state index contributed by atoms with van der Waals surface area (Å²) in [5.41, 5.74) is 0. The molecule has 0 aromatic rings. The summed E-state index contributed by atoms with van der Waals surface area (Å²) in [4.78, 5) is 27.1. The van der Waals surface area contributed by atoms with Gasteiger partial charge in [-0.15, -0.1) is 6.58 Å². The van der Waals surface area contributed by atoms with E-state index in [1.807, 2.05) is 4.90 Å². The molecular weight excluding hydrogens is 244 g/mol. The Labute approximate surface area is 113 Å². The van der Waals surface area contributed by atoms with Crippen molar-refractivity contribution in [3.8, 4) is 0 Å². The largest absolute Gasteiger partial charge is 0.481 e. The lowest BCUT2D eigenvalue weighted by Gasteiger charge is -2.38.